The van der Waals surface area contributed by atoms with E-state index >= 15 is 0 Å². The van der Waals surface area contributed by atoms with Gasteiger partial charge < -0.3 is 15.0 Å². The number of nitrogens with zero attached hydrogens (tertiary/aromatic N) is 1. The van der Waals surface area contributed by atoms with E-state index in [0.29, 0.717) is 11.3 Å². The number of anilines is 1. The van der Waals surface area contributed by atoms with Crippen LogP contribution in [0.2, 0.25) is 0 Å². The van der Waals surface area contributed by atoms with E-state index in [9.17, 15) is 14.4 Å². The van der Waals surface area contributed by atoms with E-state index in [-0.39, 0.29) is 47.6 Å². The number of nitrogens with one attached hydrogen (secondary N) is 1. The van der Waals surface area contributed by atoms with Crippen molar-refractivity contribution in [2.45, 2.75) is 44.6 Å². The Morgan fingerprint density at radius 3 is 2.64 bits per heavy atom. The van der Waals surface area contributed by atoms with Crippen LogP contribution in [0.3, 0.4) is 0 Å². The van der Waals surface area contributed by atoms with Gasteiger partial charge >= 0.3 is 5.97 Å². The maximum Gasteiger partial charge on any atom is 0.310 e. The Hall–Kier alpha value is -2.37. The fraction of sp³-hybridized carbons (Fsp3) is 0.591. The molecule has 0 aromatic heterocycles. The molecule has 6 nitrogen and oxygen atoms in total. The van der Waals surface area contributed by atoms with Crippen LogP contribution in [0.1, 0.15) is 48.9 Å². The van der Waals surface area contributed by atoms with Crippen LogP contribution < -0.4 is 5.32 Å². The van der Waals surface area contributed by atoms with Crippen molar-refractivity contribution in [1.82, 2.24) is 4.90 Å². The van der Waals surface area contributed by atoms with Gasteiger partial charge in [-0.15, -0.1) is 0 Å². The number of rotatable bonds is 3. The maximum atomic E-state index is 13.0. The average molecular weight is 382 g/mol. The molecule has 2 aliphatic heterocycles. The van der Waals surface area contributed by atoms with Crippen LogP contribution in [0.15, 0.2) is 24.3 Å². The third-order valence-electron chi connectivity index (χ3n) is 7.06. The minimum absolute atomic E-state index is 0.0279. The highest BCUT2D eigenvalue weighted by Crippen LogP contribution is 2.57. The predicted molar refractivity (Wildman–Crippen MR) is 103 cm³/mol. The highest BCUT2D eigenvalue weighted by Gasteiger charge is 2.63. The Labute approximate surface area is 164 Å². The summed E-state index contributed by atoms with van der Waals surface area (Å²) in [6.07, 6.45) is 6.18. The Bertz CT molecular complexity index is 813. The molecule has 2 heterocycles. The quantitative estimate of drug-likeness (QED) is 0.816. The SMILES string of the molecule is O=C(Nc1cccc(C(=O)N2CCCCCC2)c1)[C@@H]1[C@@H]2C[C@@H]3[C@@H]1C(=O)O[C@@H]3C2. The predicted octanol–water partition coefficient (Wildman–Crippen LogP) is 2.84. The number of esters is 1. The number of hydrogen-bond acceptors (Lipinski definition) is 4. The molecule has 4 fully saturated rings. The van der Waals surface area contributed by atoms with E-state index in [4.69, 9.17) is 4.74 Å². The van der Waals surface area contributed by atoms with E-state index in [1.165, 1.54) is 12.8 Å². The Balaban J connectivity index is 1.30. The molecule has 2 saturated carbocycles. The third kappa shape index (κ3) is 2.90. The number of carbonyl (C=O) groups is 3. The lowest BCUT2D eigenvalue weighted by Crippen LogP contribution is -2.36. The zero-order chi connectivity index (χ0) is 19.3. The normalized spacial score (nSPS) is 33.5. The van der Waals surface area contributed by atoms with Crippen molar-refractivity contribution in [3.8, 4) is 0 Å². The van der Waals surface area contributed by atoms with Gasteiger partial charge in [-0.25, -0.2) is 0 Å². The van der Waals surface area contributed by atoms with Crippen molar-refractivity contribution in [3.05, 3.63) is 29.8 Å². The molecular formula is C22H26N2O4. The monoisotopic (exact) mass is 382 g/mol. The maximum absolute atomic E-state index is 13.0. The summed E-state index contributed by atoms with van der Waals surface area (Å²) in [5, 5.41) is 2.97. The first-order valence-corrected chi connectivity index (χ1v) is 10.5. The van der Waals surface area contributed by atoms with Crippen LogP contribution in [0, 0.1) is 23.7 Å². The second-order valence-corrected chi connectivity index (χ2v) is 8.70. The molecule has 0 radical (unpaired) electrons. The molecule has 28 heavy (non-hydrogen) atoms. The van der Waals surface area contributed by atoms with Crippen molar-refractivity contribution in [3.63, 3.8) is 0 Å². The van der Waals surface area contributed by atoms with Crippen LogP contribution in [-0.4, -0.2) is 41.9 Å². The Morgan fingerprint density at radius 1 is 1.07 bits per heavy atom. The summed E-state index contributed by atoms with van der Waals surface area (Å²) >= 11 is 0. The number of hydrogen-bond donors (Lipinski definition) is 1. The first-order chi connectivity index (χ1) is 13.6. The Kier molecular flexibility index (Phi) is 4.37. The number of likely N-dealkylation sites (tertiary alicyclic amines) is 1. The first kappa shape index (κ1) is 17.7. The molecule has 6 heteroatoms. The van der Waals surface area contributed by atoms with E-state index < -0.39 is 0 Å². The lowest BCUT2D eigenvalue weighted by atomic mass is 9.79. The highest BCUT2D eigenvalue weighted by molar-refractivity contribution is 5.99. The lowest BCUT2D eigenvalue weighted by molar-refractivity contribution is -0.145. The van der Waals surface area contributed by atoms with Gasteiger partial charge in [-0.2, -0.15) is 0 Å². The number of amides is 2. The van der Waals surface area contributed by atoms with Crippen molar-refractivity contribution in [2.24, 2.45) is 23.7 Å². The summed E-state index contributed by atoms with van der Waals surface area (Å²) < 4.78 is 5.43. The van der Waals surface area contributed by atoms with E-state index in [1.54, 1.807) is 24.3 Å². The molecule has 1 aromatic rings. The van der Waals surface area contributed by atoms with Crippen LogP contribution in [0.4, 0.5) is 5.69 Å². The first-order valence-electron chi connectivity index (χ1n) is 10.5. The van der Waals surface area contributed by atoms with Crippen molar-refractivity contribution in [2.75, 3.05) is 18.4 Å². The van der Waals surface area contributed by atoms with Gasteiger partial charge in [0.05, 0.1) is 11.8 Å². The van der Waals surface area contributed by atoms with E-state index in [0.717, 1.165) is 38.8 Å². The zero-order valence-corrected chi connectivity index (χ0v) is 15.9. The molecular weight excluding hydrogens is 356 g/mol. The molecule has 1 aromatic carbocycles. The minimum Gasteiger partial charge on any atom is -0.462 e. The van der Waals surface area contributed by atoms with Gasteiger partial charge in [0.1, 0.15) is 6.10 Å². The average Bonchev–Trinajstić information content (AvgIpc) is 3.20. The van der Waals surface area contributed by atoms with Gasteiger partial charge in [0.15, 0.2) is 0 Å². The summed E-state index contributed by atoms with van der Waals surface area (Å²) in [6, 6.07) is 7.18. The summed E-state index contributed by atoms with van der Waals surface area (Å²) in [4.78, 5) is 39.9. The molecule has 1 N–H and O–H groups in total. The van der Waals surface area contributed by atoms with Gasteiger partial charge in [0.2, 0.25) is 5.91 Å². The number of fused-ring (bicyclic) bond motifs is 1. The molecule has 0 spiro atoms. The number of carbonyl (C=O) groups excluding carboxylic acids is 3. The van der Waals surface area contributed by atoms with Gasteiger partial charge in [0.25, 0.3) is 5.91 Å². The van der Waals surface area contributed by atoms with Crippen LogP contribution >= 0.6 is 0 Å². The number of benzene rings is 1. The van der Waals surface area contributed by atoms with Gasteiger partial charge in [-0.3, -0.25) is 14.4 Å². The molecule has 4 aliphatic rings. The largest absolute Gasteiger partial charge is 0.462 e. The van der Waals surface area contributed by atoms with Gasteiger partial charge in [0, 0.05) is 30.3 Å². The molecule has 148 valence electrons. The smallest absolute Gasteiger partial charge is 0.310 e. The van der Waals surface area contributed by atoms with Crippen molar-refractivity contribution < 1.29 is 19.1 Å². The Morgan fingerprint density at radius 2 is 1.86 bits per heavy atom. The zero-order valence-electron chi connectivity index (χ0n) is 15.9. The second-order valence-electron chi connectivity index (χ2n) is 8.70. The molecule has 2 amide bonds. The molecule has 0 unspecified atom stereocenters. The second kappa shape index (κ2) is 6.90. The van der Waals surface area contributed by atoms with Crippen molar-refractivity contribution >= 4 is 23.5 Å². The van der Waals surface area contributed by atoms with Crippen LogP contribution in [-0.2, 0) is 14.3 Å². The summed E-state index contributed by atoms with van der Waals surface area (Å²) in [6.45, 7) is 1.59. The van der Waals surface area contributed by atoms with Gasteiger partial charge in [-0.05, 0) is 49.8 Å². The van der Waals surface area contributed by atoms with E-state index in [2.05, 4.69) is 5.32 Å². The third-order valence-corrected chi connectivity index (χ3v) is 7.06. The summed E-state index contributed by atoms with van der Waals surface area (Å²) in [7, 11) is 0. The fourth-order valence-electron chi connectivity index (χ4n) is 5.78. The number of ether oxygens (including phenoxy) is 1. The fourth-order valence-corrected chi connectivity index (χ4v) is 5.78. The summed E-state index contributed by atoms with van der Waals surface area (Å²) in [5.41, 5.74) is 1.23. The van der Waals surface area contributed by atoms with E-state index in [1.807, 2.05) is 4.90 Å². The van der Waals surface area contributed by atoms with Crippen LogP contribution in [0.25, 0.3) is 0 Å². The van der Waals surface area contributed by atoms with Crippen molar-refractivity contribution in [1.29, 1.82) is 0 Å². The minimum atomic E-state index is -0.304. The molecule has 5 atom stereocenters. The standard InChI is InChI=1S/C22H26N2O4/c25-20(18-14-11-16-17(12-14)28-22(27)19(16)18)23-15-7-5-6-13(10-15)21(26)24-8-3-1-2-4-9-24/h5-7,10,14,16-19H,1-4,8-9,11-12H2,(H,23,25)/t14-,16+,17-,18-,19+/m1/s1. The molecule has 2 aliphatic carbocycles. The summed E-state index contributed by atoms with van der Waals surface area (Å²) in [5.74, 6) is -0.445. The molecule has 5 rings (SSSR count). The van der Waals surface area contributed by atoms with Gasteiger partial charge in [-0.1, -0.05) is 18.9 Å². The topological polar surface area (TPSA) is 75.7 Å². The lowest BCUT2D eigenvalue weighted by Gasteiger charge is -2.24. The van der Waals surface area contributed by atoms with Crippen LogP contribution in [0.5, 0.6) is 0 Å². The highest BCUT2D eigenvalue weighted by atomic mass is 16.6. The molecule has 2 saturated heterocycles. The molecule has 2 bridgehead atoms.